The van der Waals surface area contributed by atoms with Crippen LogP contribution in [0.5, 0.6) is 17.2 Å². The SMILES string of the molecule is CC.CC(C(=O)OC(C)(C)C)C(C)c1ccccc1.CCC(C)(C)C(=O)OC.CCC(C)(C)c1ccc(O)cc1.CCC(C)c1ccc(OC(C)(C)C)cc1.CCC(C)c1ccc(OCC(=O)OC(C)(C)C)cc1.CCC(C)c1ccccc1. The van der Waals surface area contributed by atoms with E-state index >= 15 is 0 Å². The number of esters is 3. The van der Waals surface area contributed by atoms with Crippen LogP contribution in [0.3, 0.4) is 0 Å². The Labute approximate surface area is 513 Å². The summed E-state index contributed by atoms with van der Waals surface area (Å²) in [5, 5.41) is 9.10. The number of benzene rings is 5. The monoisotopic (exact) mass is 1160 g/mol. The Morgan fingerprint density at radius 1 is 0.464 bits per heavy atom. The molecule has 472 valence electrons. The topological polar surface area (TPSA) is 118 Å². The molecule has 5 rings (SSSR count). The highest BCUT2D eigenvalue weighted by molar-refractivity contribution is 5.75. The number of phenols is 1. The van der Waals surface area contributed by atoms with Crippen molar-refractivity contribution in [1.82, 2.24) is 0 Å². The van der Waals surface area contributed by atoms with Crippen LogP contribution < -0.4 is 9.47 Å². The van der Waals surface area contributed by atoms with Crippen molar-refractivity contribution in [1.29, 1.82) is 0 Å². The van der Waals surface area contributed by atoms with Crippen LogP contribution in [0.15, 0.2) is 133 Å². The second kappa shape index (κ2) is 40.3. The van der Waals surface area contributed by atoms with Crippen molar-refractivity contribution in [3.8, 4) is 17.2 Å². The molecular weight excluding hydrogens is 1040 g/mol. The number of hydrogen-bond acceptors (Lipinski definition) is 9. The fourth-order valence-corrected chi connectivity index (χ4v) is 7.29. The first kappa shape index (κ1) is 80.0. The zero-order valence-corrected chi connectivity index (χ0v) is 57.5. The number of aromatic hydroxyl groups is 1. The first-order valence-corrected chi connectivity index (χ1v) is 30.9. The predicted octanol–water partition coefficient (Wildman–Crippen LogP) is 21.0. The minimum atomic E-state index is -0.471. The van der Waals surface area contributed by atoms with Crippen molar-refractivity contribution >= 4 is 17.9 Å². The van der Waals surface area contributed by atoms with Crippen LogP contribution in [0.1, 0.15) is 257 Å². The summed E-state index contributed by atoms with van der Waals surface area (Å²) in [6, 6.07) is 44.5. The lowest BCUT2D eigenvalue weighted by Gasteiger charge is -2.25. The third-order valence-corrected chi connectivity index (χ3v) is 14.3. The molecule has 0 aromatic heterocycles. The minimum Gasteiger partial charge on any atom is -0.508 e. The normalized spacial score (nSPS) is 12.9. The minimum absolute atomic E-state index is 0.0556. The summed E-state index contributed by atoms with van der Waals surface area (Å²) in [6.45, 7) is 50.9. The van der Waals surface area contributed by atoms with Gasteiger partial charge >= 0.3 is 17.9 Å². The average Bonchev–Trinajstić information content (AvgIpc) is 3.49. The van der Waals surface area contributed by atoms with Crippen LogP contribution >= 0.6 is 0 Å². The molecule has 0 aliphatic heterocycles. The van der Waals surface area contributed by atoms with E-state index < -0.39 is 11.2 Å². The number of rotatable bonds is 17. The Balaban J connectivity index is 0. The summed E-state index contributed by atoms with van der Waals surface area (Å²) in [4.78, 5) is 34.3. The first-order valence-electron chi connectivity index (χ1n) is 30.9. The van der Waals surface area contributed by atoms with Gasteiger partial charge in [0.15, 0.2) is 6.61 Å². The highest BCUT2D eigenvalue weighted by Gasteiger charge is 2.27. The van der Waals surface area contributed by atoms with E-state index in [9.17, 15) is 14.4 Å². The average molecular weight is 1160 g/mol. The van der Waals surface area contributed by atoms with E-state index in [4.69, 9.17) is 24.1 Å². The van der Waals surface area contributed by atoms with Crippen LogP contribution in [-0.2, 0) is 34.0 Å². The Bertz CT molecular complexity index is 2470. The lowest BCUT2D eigenvalue weighted by atomic mass is 9.82. The van der Waals surface area contributed by atoms with Gasteiger partial charge in [0.1, 0.15) is 34.1 Å². The molecule has 0 spiro atoms. The molecule has 0 radical (unpaired) electrons. The third kappa shape index (κ3) is 35.3. The molecule has 0 aliphatic rings. The van der Waals surface area contributed by atoms with Crippen molar-refractivity contribution in [2.24, 2.45) is 11.3 Å². The summed E-state index contributed by atoms with van der Waals surface area (Å²) in [5.74, 6) is 3.30. The summed E-state index contributed by atoms with van der Waals surface area (Å²) < 4.78 is 26.3. The van der Waals surface area contributed by atoms with Crippen molar-refractivity contribution in [3.63, 3.8) is 0 Å². The van der Waals surface area contributed by atoms with E-state index in [0.29, 0.717) is 29.3 Å². The van der Waals surface area contributed by atoms with Crippen molar-refractivity contribution < 1.29 is 43.2 Å². The Morgan fingerprint density at radius 3 is 1.18 bits per heavy atom. The van der Waals surface area contributed by atoms with Gasteiger partial charge in [-0.25, -0.2) is 4.79 Å². The van der Waals surface area contributed by atoms with Gasteiger partial charge in [-0.1, -0.05) is 194 Å². The van der Waals surface area contributed by atoms with E-state index in [2.05, 4.69) is 149 Å². The number of hydrogen-bond donors (Lipinski definition) is 1. The molecule has 0 saturated carbocycles. The van der Waals surface area contributed by atoms with Crippen LogP contribution in [0, 0.1) is 11.3 Å². The number of phenolic OH excluding ortho intramolecular Hbond substituents is 1. The molecule has 0 amide bonds. The Morgan fingerprint density at radius 2 is 0.845 bits per heavy atom. The van der Waals surface area contributed by atoms with Gasteiger partial charge in [-0.05, 0) is 202 Å². The number of carbonyl (C=O) groups is 3. The first-order chi connectivity index (χ1) is 39.0. The molecule has 5 aromatic rings. The quantitative estimate of drug-likeness (QED) is 0.0717. The number of methoxy groups -OCH3 is 1. The molecule has 1 N–H and O–H groups in total. The molecule has 0 heterocycles. The lowest BCUT2D eigenvalue weighted by Crippen LogP contribution is -2.29. The number of ether oxygens (including phenoxy) is 5. The highest BCUT2D eigenvalue weighted by atomic mass is 16.6. The van der Waals surface area contributed by atoms with Gasteiger partial charge in [0.2, 0.25) is 0 Å². The van der Waals surface area contributed by atoms with Crippen LogP contribution in [0.2, 0.25) is 0 Å². The maximum atomic E-state index is 12.0. The molecule has 0 bridgehead atoms. The van der Waals surface area contributed by atoms with Crippen LogP contribution in [0.25, 0.3) is 0 Å². The molecule has 5 aromatic carbocycles. The summed E-state index contributed by atoms with van der Waals surface area (Å²) in [5.41, 5.74) is 5.48. The molecule has 9 heteroatoms. The van der Waals surface area contributed by atoms with Gasteiger partial charge in [0.05, 0.1) is 18.4 Å². The zero-order valence-electron chi connectivity index (χ0n) is 57.5. The standard InChI is InChI=1S/C16H24O3.C15H22O2.C14H22O.C11H16O.C10H14.C7H14O2.C2H6/c1-6-12(2)13-7-9-14(10-8-13)18-11-15(17)19-16(3,4)5;1-11(13-9-7-6-8-10-13)12(2)14(16)17-15(3,4)5;1-6-11(2)12-7-9-13(10-8-12)15-14(3,4)5;1-4-11(2,3)9-5-7-10(12)8-6-9;1-3-9(2)10-7-5-4-6-8-10;1-5-7(2,3)6(8)9-4;1-2/h7-10,12H,6,11H2,1-5H3;6-12H,1-5H3;7-11H,6H2,1-5H3;5-8,12H,4H2,1-3H3;4-9H,3H2,1-2H3;5H2,1-4H3;1-2H3. The molecule has 84 heavy (non-hydrogen) atoms. The summed E-state index contributed by atoms with van der Waals surface area (Å²) >= 11 is 0. The maximum Gasteiger partial charge on any atom is 0.344 e. The zero-order chi connectivity index (χ0) is 65.1. The second-order valence-electron chi connectivity index (χ2n) is 25.6. The molecule has 5 unspecified atom stereocenters. The van der Waals surface area contributed by atoms with Crippen molar-refractivity contribution in [3.05, 3.63) is 161 Å². The van der Waals surface area contributed by atoms with Crippen LogP contribution in [-0.4, -0.2) is 53.5 Å². The Hall–Kier alpha value is -6.09. The smallest absolute Gasteiger partial charge is 0.344 e. The van der Waals surface area contributed by atoms with Crippen molar-refractivity contribution in [2.45, 2.75) is 251 Å². The fourth-order valence-electron chi connectivity index (χ4n) is 7.29. The molecule has 0 saturated heterocycles. The van der Waals surface area contributed by atoms with Gasteiger partial charge in [0.25, 0.3) is 0 Å². The van der Waals surface area contributed by atoms with Crippen LogP contribution in [0.4, 0.5) is 0 Å². The predicted molar refractivity (Wildman–Crippen MR) is 356 cm³/mol. The molecule has 0 aliphatic carbocycles. The number of carbonyl (C=O) groups excluding carboxylic acids is 3. The maximum absolute atomic E-state index is 12.0. The van der Waals surface area contributed by atoms with E-state index in [1.165, 1.54) is 47.8 Å². The largest absolute Gasteiger partial charge is 0.508 e. The summed E-state index contributed by atoms with van der Waals surface area (Å²) in [6.07, 6.45) is 5.44. The second-order valence-corrected chi connectivity index (χ2v) is 25.6. The Kier molecular flexibility index (Phi) is 38.3. The third-order valence-electron chi connectivity index (χ3n) is 14.3. The molecule has 0 fully saturated rings. The van der Waals surface area contributed by atoms with Crippen molar-refractivity contribution in [2.75, 3.05) is 13.7 Å². The van der Waals surface area contributed by atoms with E-state index in [-0.39, 0.29) is 52.8 Å². The fraction of sp³-hybridized carbons (Fsp3) is 0.560. The van der Waals surface area contributed by atoms with Gasteiger partial charge in [-0.15, -0.1) is 0 Å². The van der Waals surface area contributed by atoms with E-state index in [1.54, 1.807) is 12.1 Å². The lowest BCUT2D eigenvalue weighted by molar-refractivity contribution is -0.160. The van der Waals surface area contributed by atoms with E-state index in [0.717, 1.165) is 25.0 Å². The van der Waals surface area contributed by atoms with Gasteiger partial charge < -0.3 is 28.8 Å². The van der Waals surface area contributed by atoms with Gasteiger partial charge in [-0.2, -0.15) is 0 Å². The van der Waals surface area contributed by atoms with Gasteiger partial charge in [-0.3, -0.25) is 9.59 Å². The molecular formula is C75H118O9. The molecule has 9 nitrogen and oxygen atoms in total. The van der Waals surface area contributed by atoms with E-state index in [1.807, 2.05) is 150 Å². The van der Waals surface area contributed by atoms with Gasteiger partial charge in [0, 0.05) is 0 Å². The highest BCUT2D eigenvalue weighted by Crippen LogP contribution is 2.29. The molecule has 5 atom stereocenters. The summed E-state index contributed by atoms with van der Waals surface area (Å²) in [7, 11) is 1.42.